The summed E-state index contributed by atoms with van der Waals surface area (Å²) in [5, 5.41) is 15.7. The lowest BCUT2D eigenvalue weighted by atomic mass is 10.1. The molecule has 78 valence electrons. The van der Waals surface area contributed by atoms with E-state index in [4.69, 9.17) is 15.3 Å². The highest BCUT2D eigenvalue weighted by molar-refractivity contribution is 5.77. The van der Waals surface area contributed by atoms with Gasteiger partial charge in [-0.3, -0.25) is 4.79 Å². The molecule has 0 spiro atoms. The number of hydrogen-bond acceptors (Lipinski definition) is 6. The van der Waals surface area contributed by atoms with Crippen LogP contribution in [0, 0.1) is 0 Å². The number of nitrogens with zero attached hydrogens (tertiary/aromatic N) is 2. The third-order valence-corrected chi connectivity index (χ3v) is 1.83. The van der Waals surface area contributed by atoms with Gasteiger partial charge in [-0.25, -0.2) is 4.63 Å². The first kappa shape index (κ1) is 9.41. The highest BCUT2D eigenvalue weighted by Gasteiger charge is 2.25. The van der Waals surface area contributed by atoms with Crippen LogP contribution in [0.3, 0.4) is 0 Å². The summed E-state index contributed by atoms with van der Waals surface area (Å²) < 4.78 is 9.47. The van der Waals surface area contributed by atoms with Crippen LogP contribution in [-0.2, 0) is 4.79 Å². The number of nitrogens with two attached hydrogens (primary N) is 1. The number of rotatable bonds is 3. The summed E-state index contributed by atoms with van der Waals surface area (Å²) in [4.78, 5) is 10.7. The highest BCUT2D eigenvalue weighted by atomic mass is 16.6. The number of carboxylic acid groups (broad SMARTS) is 1. The lowest BCUT2D eigenvalue weighted by Crippen LogP contribution is -2.21. The van der Waals surface area contributed by atoms with Gasteiger partial charge in [0.15, 0.2) is 17.5 Å². The van der Waals surface area contributed by atoms with Crippen LogP contribution in [0.5, 0.6) is 0 Å². The first-order valence-electron chi connectivity index (χ1n) is 4.05. The minimum atomic E-state index is -1.28. The van der Waals surface area contributed by atoms with Gasteiger partial charge >= 0.3 is 5.97 Å². The standard InChI is InChI=1S/C8H7N3O4/c9-5(8(12)13)7-6(10-15-11-7)4-2-1-3-14-4/h1-3,5H,9H2,(H,12,13). The molecule has 7 heteroatoms. The van der Waals surface area contributed by atoms with E-state index < -0.39 is 12.0 Å². The second kappa shape index (κ2) is 3.54. The van der Waals surface area contributed by atoms with Crippen molar-refractivity contribution in [2.75, 3.05) is 0 Å². The summed E-state index contributed by atoms with van der Waals surface area (Å²) in [6.45, 7) is 0. The average molecular weight is 209 g/mol. The predicted molar refractivity (Wildman–Crippen MR) is 46.6 cm³/mol. The van der Waals surface area contributed by atoms with Gasteiger partial charge in [0.2, 0.25) is 0 Å². The number of carbonyl (C=O) groups is 1. The first-order valence-corrected chi connectivity index (χ1v) is 4.05. The van der Waals surface area contributed by atoms with Gasteiger partial charge in [0, 0.05) is 0 Å². The molecule has 0 aliphatic heterocycles. The van der Waals surface area contributed by atoms with E-state index in [1.54, 1.807) is 12.1 Å². The number of hydrogen-bond donors (Lipinski definition) is 2. The van der Waals surface area contributed by atoms with E-state index in [1.165, 1.54) is 6.26 Å². The SMILES string of the molecule is NC(C(=O)O)c1nonc1-c1ccco1. The zero-order chi connectivity index (χ0) is 10.8. The Labute approximate surface area is 83.4 Å². The first-order chi connectivity index (χ1) is 7.20. The Morgan fingerprint density at radius 3 is 2.93 bits per heavy atom. The van der Waals surface area contributed by atoms with Gasteiger partial charge in [-0.2, -0.15) is 0 Å². The van der Waals surface area contributed by atoms with Crippen molar-refractivity contribution in [3.05, 3.63) is 24.1 Å². The molecule has 7 nitrogen and oxygen atoms in total. The molecule has 3 N–H and O–H groups in total. The lowest BCUT2D eigenvalue weighted by Gasteiger charge is -2.01. The second-order valence-corrected chi connectivity index (χ2v) is 2.79. The van der Waals surface area contributed by atoms with Crippen LogP contribution in [0.25, 0.3) is 11.5 Å². The maximum Gasteiger partial charge on any atom is 0.326 e. The Morgan fingerprint density at radius 1 is 1.53 bits per heavy atom. The normalized spacial score (nSPS) is 12.6. The third-order valence-electron chi connectivity index (χ3n) is 1.83. The summed E-state index contributed by atoms with van der Waals surface area (Å²) in [5.74, 6) is -0.846. The largest absolute Gasteiger partial charge is 0.480 e. The Bertz CT molecular complexity index is 462. The van der Waals surface area contributed by atoms with Gasteiger partial charge < -0.3 is 15.3 Å². The zero-order valence-corrected chi connectivity index (χ0v) is 7.45. The van der Waals surface area contributed by atoms with E-state index in [2.05, 4.69) is 14.9 Å². The molecule has 0 radical (unpaired) electrons. The molecule has 0 bridgehead atoms. The molecule has 2 rings (SSSR count). The van der Waals surface area contributed by atoms with E-state index in [0.717, 1.165) is 0 Å². The number of carboxylic acids is 1. The van der Waals surface area contributed by atoms with Gasteiger partial charge in [-0.05, 0) is 17.3 Å². The van der Waals surface area contributed by atoms with Gasteiger partial charge in [0.1, 0.15) is 5.69 Å². The average Bonchev–Trinajstić information content (AvgIpc) is 2.86. The number of furan rings is 1. The van der Waals surface area contributed by atoms with Crippen LogP contribution in [0.1, 0.15) is 11.7 Å². The zero-order valence-electron chi connectivity index (χ0n) is 7.45. The highest BCUT2D eigenvalue weighted by Crippen LogP contribution is 2.24. The monoisotopic (exact) mass is 209 g/mol. The van der Waals surface area contributed by atoms with Crippen LogP contribution in [-0.4, -0.2) is 21.4 Å². The number of aliphatic carboxylic acids is 1. The van der Waals surface area contributed by atoms with Crippen LogP contribution in [0.15, 0.2) is 27.4 Å². The molecule has 1 unspecified atom stereocenters. The Balaban J connectivity index is 2.43. The fourth-order valence-corrected chi connectivity index (χ4v) is 1.10. The van der Waals surface area contributed by atoms with Gasteiger partial charge in [0.05, 0.1) is 6.26 Å². The van der Waals surface area contributed by atoms with E-state index in [1.807, 2.05) is 0 Å². The van der Waals surface area contributed by atoms with E-state index in [0.29, 0.717) is 5.76 Å². The van der Waals surface area contributed by atoms with Crippen LogP contribution in [0.4, 0.5) is 0 Å². The van der Waals surface area contributed by atoms with Crippen LogP contribution >= 0.6 is 0 Å². The molecule has 15 heavy (non-hydrogen) atoms. The van der Waals surface area contributed by atoms with E-state index in [-0.39, 0.29) is 11.4 Å². The van der Waals surface area contributed by atoms with Crippen molar-refractivity contribution in [2.45, 2.75) is 6.04 Å². The van der Waals surface area contributed by atoms with Crippen molar-refractivity contribution < 1.29 is 18.9 Å². The molecule has 2 aromatic rings. The third kappa shape index (κ3) is 1.59. The topological polar surface area (TPSA) is 115 Å². The van der Waals surface area contributed by atoms with Gasteiger partial charge in [0.25, 0.3) is 0 Å². The lowest BCUT2D eigenvalue weighted by molar-refractivity contribution is -0.138. The summed E-state index contributed by atoms with van der Waals surface area (Å²) in [6.07, 6.45) is 1.43. The van der Waals surface area contributed by atoms with Crippen molar-refractivity contribution in [1.29, 1.82) is 0 Å². The smallest absolute Gasteiger partial charge is 0.326 e. The fraction of sp³-hybridized carbons (Fsp3) is 0.125. The summed E-state index contributed by atoms with van der Waals surface area (Å²) in [5.41, 5.74) is 5.63. The van der Waals surface area contributed by atoms with E-state index >= 15 is 0 Å². The molecule has 0 saturated carbocycles. The fourth-order valence-electron chi connectivity index (χ4n) is 1.10. The van der Waals surface area contributed by atoms with Gasteiger partial charge in [-0.15, -0.1) is 0 Å². The summed E-state index contributed by atoms with van der Waals surface area (Å²) in [6, 6.07) is 1.97. The quantitative estimate of drug-likeness (QED) is 0.752. The Morgan fingerprint density at radius 2 is 2.33 bits per heavy atom. The second-order valence-electron chi connectivity index (χ2n) is 2.79. The maximum absolute atomic E-state index is 10.7. The maximum atomic E-state index is 10.7. The van der Waals surface area contributed by atoms with Crippen molar-refractivity contribution in [1.82, 2.24) is 10.3 Å². The Kier molecular flexibility index (Phi) is 2.22. The molecular formula is C8H7N3O4. The van der Waals surface area contributed by atoms with Crippen molar-refractivity contribution in [3.8, 4) is 11.5 Å². The minimum Gasteiger partial charge on any atom is -0.480 e. The molecule has 0 amide bonds. The molecule has 0 saturated heterocycles. The molecule has 0 fully saturated rings. The molecule has 0 aliphatic rings. The predicted octanol–water partition coefficient (Wildman–Crippen LogP) is 0.414. The molecule has 0 aromatic carbocycles. The van der Waals surface area contributed by atoms with Gasteiger partial charge in [-0.1, -0.05) is 5.16 Å². The molecular weight excluding hydrogens is 202 g/mol. The molecule has 1 atom stereocenters. The van der Waals surface area contributed by atoms with E-state index in [9.17, 15) is 4.79 Å². The minimum absolute atomic E-state index is 0.0393. The van der Waals surface area contributed by atoms with Crippen LogP contribution in [0.2, 0.25) is 0 Å². The van der Waals surface area contributed by atoms with Crippen molar-refractivity contribution >= 4 is 5.97 Å². The molecule has 2 heterocycles. The Hall–Kier alpha value is -2.15. The van der Waals surface area contributed by atoms with Crippen molar-refractivity contribution in [2.24, 2.45) is 5.73 Å². The summed E-state index contributed by atoms with van der Waals surface area (Å²) >= 11 is 0. The van der Waals surface area contributed by atoms with Crippen molar-refractivity contribution in [3.63, 3.8) is 0 Å². The van der Waals surface area contributed by atoms with Crippen LogP contribution < -0.4 is 5.73 Å². The number of aromatic nitrogens is 2. The molecule has 0 aliphatic carbocycles. The summed E-state index contributed by atoms with van der Waals surface area (Å²) in [7, 11) is 0. The molecule has 2 aromatic heterocycles.